The number of hydrogen-bond donors (Lipinski definition) is 2. The Labute approximate surface area is 155 Å². The van der Waals surface area contributed by atoms with Gasteiger partial charge in [-0.15, -0.1) is 0 Å². The van der Waals surface area contributed by atoms with Gasteiger partial charge in [-0.05, 0) is 36.8 Å². The second kappa shape index (κ2) is 8.58. The normalized spacial score (nSPS) is 17.5. The largest absolute Gasteiger partial charge is 0.507 e. The van der Waals surface area contributed by atoms with Crippen molar-refractivity contribution in [3.8, 4) is 11.5 Å². The molecule has 1 amide bonds. The number of rotatable bonds is 10. The lowest BCUT2D eigenvalue weighted by atomic mass is 9.95. The quantitative estimate of drug-likeness (QED) is 0.477. The maximum absolute atomic E-state index is 11.8. The van der Waals surface area contributed by atoms with Crippen molar-refractivity contribution in [1.82, 2.24) is 10.2 Å². The van der Waals surface area contributed by atoms with Gasteiger partial charge in [-0.1, -0.05) is 12.4 Å². The van der Waals surface area contributed by atoms with E-state index in [1.165, 1.54) is 12.8 Å². The summed E-state index contributed by atoms with van der Waals surface area (Å²) in [5.74, 6) is 1.28. The summed E-state index contributed by atoms with van der Waals surface area (Å²) in [6.07, 6.45) is 5.26. The van der Waals surface area contributed by atoms with Gasteiger partial charge in [0.2, 0.25) is 5.91 Å². The first-order chi connectivity index (χ1) is 12.6. The van der Waals surface area contributed by atoms with Crippen molar-refractivity contribution in [2.75, 3.05) is 26.2 Å². The fourth-order valence-electron chi connectivity index (χ4n) is 3.21. The van der Waals surface area contributed by atoms with Crippen LogP contribution in [0.25, 0.3) is 0 Å². The number of aldehydes is 1. The second-order valence-corrected chi connectivity index (χ2v) is 7.35. The lowest BCUT2D eigenvalue weighted by molar-refractivity contribution is -0.122. The molecule has 0 spiro atoms. The molecule has 1 aromatic rings. The van der Waals surface area contributed by atoms with Gasteiger partial charge >= 0.3 is 0 Å². The van der Waals surface area contributed by atoms with E-state index in [1.54, 1.807) is 6.07 Å². The van der Waals surface area contributed by atoms with Crippen molar-refractivity contribution >= 4 is 20.0 Å². The van der Waals surface area contributed by atoms with Crippen molar-refractivity contribution in [1.29, 1.82) is 0 Å². The number of carbonyl (C=O) groups excluding carboxylic acids is 2. The van der Waals surface area contributed by atoms with Gasteiger partial charge in [-0.3, -0.25) is 14.5 Å². The third kappa shape index (κ3) is 4.78. The molecule has 140 valence electrons. The van der Waals surface area contributed by atoms with Crippen LogP contribution in [0.4, 0.5) is 0 Å². The molecule has 3 rings (SSSR count). The first kappa shape index (κ1) is 18.8. The van der Waals surface area contributed by atoms with Crippen LogP contribution in [0, 0.1) is 5.92 Å². The number of nitrogens with one attached hydrogen (secondary N) is 1. The van der Waals surface area contributed by atoms with E-state index in [-0.39, 0.29) is 23.3 Å². The van der Waals surface area contributed by atoms with Gasteiger partial charge in [0, 0.05) is 32.6 Å². The van der Waals surface area contributed by atoms with Crippen LogP contribution in [0.2, 0.25) is 6.32 Å². The SMILES string of the molecule is BCCc1ccc(OC2CN(CCC(=O)NCC3CC3)C2)c(C=O)c1O. The smallest absolute Gasteiger partial charge is 0.221 e. The van der Waals surface area contributed by atoms with Gasteiger partial charge < -0.3 is 15.2 Å². The molecule has 1 heterocycles. The van der Waals surface area contributed by atoms with Crippen LogP contribution in [0.15, 0.2) is 12.1 Å². The van der Waals surface area contributed by atoms with Crippen molar-refractivity contribution in [2.45, 2.75) is 38.1 Å². The van der Waals surface area contributed by atoms with E-state index < -0.39 is 0 Å². The molecule has 1 aliphatic carbocycles. The molecule has 6 nitrogen and oxygen atoms in total. The topological polar surface area (TPSA) is 78.9 Å². The first-order valence-corrected chi connectivity index (χ1v) is 9.56. The number of nitrogens with zero attached hydrogens (tertiary/aromatic N) is 1. The molecule has 26 heavy (non-hydrogen) atoms. The Bertz CT molecular complexity index is 657. The lowest BCUT2D eigenvalue weighted by Crippen LogP contribution is -2.54. The molecule has 0 atom stereocenters. The third-order valence-corrected chi connectivity index (χ3v) is 5.06. The van der Waals surface area contributed by atoms with Crippen LogP contribution in [0.3, 0.4) is 0 Å². The summed E-state index contributed by atoms with van der Waals surface area (Å²) in [5, 5.41) is 13.2. The monoisotopic (exact) mass is 358 g/mol. The molecule has 7 heteroatoms. The summed E-state index contributed by atoms with van der Waals surface area (Å²) in [7, 11) is 2.03. The highest BCUT2D eigenvalue weighted by Gasteiger charge is 2.30. The van der Waals surface area contributed by atoms with E-state index in [9.17, 15) is 14.7 Å². The highest BCUT2D eigenvalue weighted by molar-refractivity contribution is 6.08. The van der Waals surface area contributed by atoms with Crippen molar-refractivity contribution in [3.05, 3.63) is 23.3 Å². The Morgan fingerprint density at radius 2 is 2.15 bits per heavy atom. The van der Waals surface area contributed by atoms with E-state index in [2.05, 4.69) is 10.2 Å². The van der Waals surface area contributed by atoms with Crippen LogP contribution in [0.1, 0.15) is 35.2 Å². The molecule has 0 bridgehead atoms. The van der Waals surface area contributed by atoms with E-state index >= 15 is 0 Å². The van der Waals surface area contributed by atoms with Gasteiger partial charge in [0.05, 0.1) is 5.56 Å². The molecular formula is C19H27BN2O4. The number of benzene rings is 1. The highest BCUT2D eigenvalue weighted by atomic mass is 16.5. The second-order valence-electron chi connectivity index (χ2n) is 7.35. The molecule has 1 saturated carbocycles. The summed E-state index contributed by atoms with van der Waals surface area (Å²) in [6.45, 7) is 2.99. The average Bonchev–Trinajstić information content (AvgIpc) is 3.41. The van der Waals surface area contributed by atoms with Crippen molar-refractivity contribution in [3.63, 3.8) is 0 Å². The molecule has 2 fully saturated rings. The minimum absolute atomic E-state index is 0.0142. The number of phenolic OH excluding ortho intramolecular Hbond substituents is 1. The molecule has 1 aliphatic heterocycles. The molecule has 0 unspecified atom stereocenters. The molecule has 1 aromatic carbocycles. The molecule has 1 saturated heterocycles. The zero-order valence-electron chi connectivity index (χ0n) is 15.4. The van der Waals surface area contributed by atoms with Gasteiger partial charge in [0.15, 0.2) is 6.29 Å². The summed E-state index contributed by atoms with van der Waals surface area (Å²) in [6, 6.07) is 3.59. The molecule has 0 radical (unpaired) electrons. The lowest BCUT2D eigenvalue weighted by Gasteiger charge is -2.39. The summed E-state index contributed by atoms with van der Waals surface area (Å²) in [5.41, 5.74) is 1.00. The van der Waals surface area contributed by atoms with Gasteiger partial charge in [0.1, 0.15) is 25.4 Å². The summed E-state index contributed by atoms with van der Waals surface area (Å²) in [4.78, 5) is 25.3. The number of hydrogen-bond acceptors (Lipinski definition) is 5. The number of likely N-dealkylation sites (tertiary alicyclic amines) is 1. The van der Waals surface area contributed by atoms with E-state index in [0.29, 0.717) is 24.4 Å². The van der Waals surface area contributed by atoms with E-state index in [1.807, 2.05) is 13.9 Å². The predicted molar refractivity (Wildman–Crippen MR) is 102 cm³/mol. The molecular weight excluding hydrogens is 331 g/mol. The minimum atomic E-state index is -0.0142. The van der Waals surface area contributed by atoms with Crippen LogP contribution >= 0.6 is 0 Å². The fourth-order valence-corrected chi connectivity index (χ4v) is 3.21. The van der Waals surface area contributed by atoms with Gasteiger partial charge in [-0.2, -0.15) is 0 Å². The van der Waals surface area contributed by atoms with Crippen LogP contribution in [0.5, 0.6) is 11.5 Å². The van der Waals surface area contributed by atoms with Crippen LogP contribution in [-0.4, -0.2) is 62.3 Å². The van der Waals surface area contributed by atoms with E-state index in [0.717, 1.165) is 44.5 Å². The van der Waals surface area contributed by atoms with Gasteiger partial charge in [0.25, 0.3) is 0 Å². The maximum Gasteiger partial charge on any atom is 0.221 e. The average molecular weight is 358 g/mol. The number of phenols is 1. The molecule has 0 aromatic heterocycles. The third-order valence-electron chi connectivity index (χ3n) is 5.06. The van der Waals surface area contributed by atoms with Crippen LogP contribution in [-0.2, 0) is 11.2 Å². The predicted octanol–water partition coefficient (Wildman–Crippen LogP) is 0.778. The molecule has 2 N–H and O–H groups in total. The number of aromatic hydroxyl groups is 1. The first-order valence-electron chi connectivity index (χ1n) is 9.56. The Balaban J connectivity index is 1.42. The Morgan fingerprint density at radius 3 is 2.81 bits per heavy atom. The highest BCUT2D eigenvalue weighted by Crippen LogP contribution is 2.32. The maximum atomic E-state index is 11.8. The van der Waals surface area contributed by atoms with Crippen LogP contribution < -0.4 is 10.1 Å². The minimum Gasteiger partial charge on any atom is -0.507 e. The summed E-state index contributed by atoms with van der Waals surface area (Å²) >= 11 is 0. The van der Waals surface area contributed by atoms with Crippen molar-refractivity contribution in [2.24, 2.45) is 5.92 Å². The Kier molecular flexibility index (Phi) is 6.19. The number of aryl methyl sites for hydroxylation is 1. The van der Waals surface area contributed by atoms with E-state index in [4.69, 9.17) is 4.74 Å². The zero-order chi connectivity index (χ0) is 18.5. The van der Waals surface area contributed by atoms with Crippen molar-refractivity contribution < 1.29 is 19.4 Å². The number of ether oxygens (including phenoxy) is 1. The van der Waals surface area contributed by atoms with Gasteiger partial charge in [-0.25, -0.2) is 0 Å². The Hall–Kier alpha value is -2.02. The molecule has 2 aliphatic rings. The zero-order valence-corrected chi connectivity index (χ0v) is 15.4. The Morgan fingerprint density at radius 1 is 1.38 bits per heavy atom. The standard InChI is InChI=1S/C19H27BN2O4/c20-7-5-14-3-4-17(16(12-23)19(14)25)26-15-10-22(11-15)8-6-18(24)21-9-13-1-2-13/h3-4,12-13,15,25H,1-2,5-11,20H2,(H,21,24). The summed E-state index contributed by atoms with van der Waals surface area (Å²) < 4.78 is 5.88. The number of amides is 1. The fraction of sp³-hybridized carbons (Fsp3) is 0.579. The number of carbonyl (C=O) groups is 2.